The van der Waals surface area contributed by atoms with Crippen molar-refractivity contribution >= 4 is 23.3 Å². The smallest absolute Gasteiger partial charge is 0.320 e. The summed E-state index contributed by atoms with van der Waals surface area (Å²) in [5.74, 6) is -3.79. The summed E-state index contributed by atoms with van der Waals surface area (Å²) in [6, 6.07) is 2.56. The molecule has 1 atom stereocenters. The molecule has 9 heteroatoms. The maximum Gasteiger partial charge on any atom is 0.320 e. The summed E-state index contributed by atoms with van der Waals surface area (Å²) in [6.07, 6.45) is 1.13. The van der Waals surface area contributed by atoms with Crippen LogP contribution >= 0.6 is 0 Å². The quantitative estimate of drug-likeness (QED) is 0.254. The van der Waals surface area contributed by atoms with E-state index in [9.17, 15) is 24.1 Å². The van der Waals surface area contributed by atoms with Gasteiger partial charge in [-0.2, -0.15) is 0 Å². The highest BCUT2D eigenvalue weighted by Crippen LogP contribution is 2.29. The van der Waals surface area contributed by atoms with Crippen LogP contribution in [0.5, 0.6) is 0 Å². The lowest BCUT2D eigenvalue weighted by Crippen LogP contribution is -2.32. The molecule has 0 aliphatic heterocycles. The van der Waals surface area contributed by atoms with Crippen LogP contribution in [0, 0.1) is 21.8 Å². The van der Waals surface area contributed by atoms with Gasteiger partial charge in [-0.25, -0.2) is 4.39 Å². The number of carbonyl (C=O) groups excluding carboxylic acids is 2. The molecule has 0 saturated heterocycles. The topological polar surface area (TPSA) is 108 Å². The number of esters is 2. The Bertz CT molecular complexity index is 633. The highest BCUT2D eigenvalue weighted by atomic mass is 19.1. The molecule has 0 bridgehead atoms. The molecule has 0 fully saturated rings. The third-order valence-electron chi connectivity index (χ3n) is 3.26. The maximum atomic E-state index is 13.9. The number of benzene rings is 1. The van der Waals surface area contributed by atoms with Gasteiger partial charge < -0.3 is 14.8 Å². The average molecular weight is 340 g/mol. The Balaban J connectivity index is 3.07. The van der Waals surface area contributed by atoms with Gasteiger partial charge in [-0.05, 0) is 12.5 Å². The third-order valence-corrected chi connectivity index (χ3v) is 3.26. The van der Waals surface area contributed by atoms with Crippen molar-refractivity contribution in [3.8, 4) is 0 Å². The molecule has 1 aromatic carbocycles. The lowest BCUT2D eigenvalue weighted by Gasteiger charge is -2.20. The fraction of sp³-hybridized carbons (Fsp3) is 0.333. The molecule has 0 radical (unpaired) electrons. The number of methoxy groups -OCH3 is 2. The van der Waals surface area contributed by atoms with E-state index in [1.807, 2.05) is 0 Å². The molecule has 1 rings (SSSR count). The van der Waals surface area contributed by atoms with E-state index < -0.39 is 40.3 Å². The van der Waals surface area contributed by atoms with Gasteiger partial charge in [0.15, 0.2) is 11.7 Å². The fourth-order valence-electron chi connectivity index (χ4n) is 2.03. The van der Waals surface area contributed by atoms with Crippen molar-refractivity contribution < 1.29 is 28.4 Å². The number of nitrogens with one attached hydrogen (secondary N) is 1. The van der Waals surface area contributed by atoms with Gasteiger partial charge in [0, 0.05) is 12.1 Å². The molecule has 1 N–H and O–H groups in total. The van der Waals surface area contributed by atoms with Crippen LogP contribution in [0.3, 0.4) is 0 Å². The van der Waals surface area contributed by atoms with Crippen molar-refractivity contribution in [2.45, 2.75) is 12.5 Å². The first-order valence-corrected chi connectivity index (χ1v) is 6.83. The second-order valence-corrected chi connectivity index (χ2v) is 4.71. The normalized spacial score (nSPS) is 11.5. The second kappa shape index (κ2) is 8.61. The largest absolute Gasteiger partial charge is 0.468 e. The van der Waals surface area contributed by atoms with Crippen molar-refractivity contribution in [1.29, 1.82) is 0 Å². The lowest BCUT2D eigenvalue weighted by atomic mass is 9.99. The van der Waals surface area contributed by atoms with Gasteiger partial charge in [-0.3, -0.25) is 19.7 Å². The van der Waals surface area contributed by atoms with Gasteiger partial charge in [0.1, 0.15) is 5.69 Å². The molecule has 0 spiro atoms. The van der Waals surface area contributed by atoms with Crippen LogP contribution in [0.15, 0.2) is 30.9 Å². The summed E-state index contributed by atoms with van der Waals surface area (Å²) in [5, 5.41) is 13.6. The van der Waals surface area contributed by atoms with Crippen molar-refractivity contribution in [3.63, 3.8) is 0 Å². The summed E-state index contributed by atoms with van der Waals surface area (Å²) in [6.45, 7) is 3.53. The number of para-hydroxylation sites is 1. The van der Waals surface area contributed by atoms with Crippen molar-refractivity contribution in [3.05, 3.63) is 46.8 Å². The third kappa shape index (κ3) is 4.51. The molecule has 0 aliphatic rings. The molecule has 1 unspecified atom stereocenters. The number of hydrogen-bond donors (Lipinski definition) is 1. The molecule has 1 aromatic rings. The summed E-state index contributed by atoms with van der Waals surface area (Å²) in [7, 11) is 2.21. The lowest BCUT2D eigenvalue weighted by molar-refractivity contribution is -0.384. The Labute approximate surface area is 137 Å². The number of carbonyl (C=O) groups is 2. The Morgan fingerprint density at radius 1 is 1.38 bits per heavy atom. The molecule has 0 amide bonds. The average Bonchev–Trinajstić information content (AvgIpc) is 2.58. The van der Waals surface area contributed by atoms with E-state index in [2.05, 4.69) is 21.4 Å². The Morgan fingerprint density at radius 2 is 1.96 bits per heavy atom. The van der Waals surface area contributed by atoms with Crippen molar-refractivity contribution in [2.24, 2.45) is 5.92 Å². The zero-order valence-electron chi connectivity index (χ0n) is 13.2. The minimum Gasteiger partial charge on any atom is -0.468 e. The summed E-state index contributed by atoms with van der Waals surface area (Å²) < 4.78 is 23.0. The van der Waals surface area contributed by atoms with E-state index in [1.165, 1.54) is 12.1 Å². The molecule has 0 heterocycles. The van der Waals surface area contributed by atoms with Gasteiger partial charge >= 0.3 is 11.9 Å². The highest BCUT2D eigenvalue weighted by molar-refractivity contribution is 5.94. The predicted octanol–water partition coefficient (Wildman–Crippen LogP) is 2.05. The van der Waals surface area contributed by atoms with Crippen molar-refractivity contribution in [1.82, 2.24) is 0 Å². The predicted molar refractivity (Wildman–Crippen MR) is 82.8 cm³/mol. The molecular weight excluding hydrogens is 323 g/mol. The maximum absolute atomic E-state index is 13.9. The van der Waals surface area contributed by atoms with Crippen LogP contribution in [0.1, 0.15) is 6.42 Å². The summed E-state index contributed by atoms with van der Waals surface area (Å²) in [5.41, 5.74) is -0.838. The minimum atomic E-state index is -1.28. The van der Waals surface area contributed by atoms with Crippen LogP contribution in [0.25, 0.3) is 0 Å². The first kappa shape index (κ1) is 19.1. The van der Waals surface area contributed by atoms with Gasteiger partial charge in [-0.15, -0.1) is 6.58 Å². The molecule has 0 aliphatic carbocycles. The van der Waals surface area contributed by atoms with Gasteiger partial charge in [0.05, 0.1) is 19.1 Å². The molecular formula is C15H17FN2O6. The fourth-order valence-corrected chi connectivity index (χ4v) is 2.03. The number of ether oxygens (including phenoxy) is 2. The number of hydrogen-bond acceptors (Lipinski definition) is 7. The number of nitro benzene ring substituents is 1. The number of halogens is 1. The molecule has 130 valence electrons. The molecule has 0 saturated carbocycles. The minimum absolute atomic E-state index is 0.172. The van der Waals surface area contributed by atoms with Crippen LogP contribution in [0.2, 0.25) is 0 Å². The highest BCUT2D eigenvalue weighted by Gasteiger charge is 2.32. The first-order chi connectivity index (χ1) is 11.3. The van der Waals surface area contributed by atoms with E-state index in [1.54, 1.807) is 0 Å². The summed E-state index contributed by atoms with van der Waals surface area (Å²) >= 11 is 0. The van der Waals surface area contributed by atoms with Crippen LogP contribution in [0.4, 0.5) is 15.8 Å². The zero-order valence-corrected chi connectivity index (χ0v) is 13.2. The van der Waals surface area contributed by atoms with E-state index >= 15 is 0 Å². The van der Waals surface area contributed by atoms with E-state index in [4.69, 9.17) is 0 Å². The molecule has 8 nitrogen and oxygen atoms in total. The molecule has 24 heavy (non-hydrogen) atoms. The van der Waals surface area contributed by atoms with Gasteiger partial charge in [-0.1, -0.05) is 12.1 Å². The number of nitrogens with zero attached hydrogens (tertiary/aromatic N) is 1. The van der Waals surface area contributed by atoms with Crippen molar-refractivity contribution in [2.75, 3.05) is 19.5 Å². The Kier molecular flexibility index (Phi) is 6.84. The number of nitro groups is 1. The van der Waals surface area contributed by atoms with Gasteiger partial charge in [0.25, 0.3) is 5.69 Å². The van der Waals surface area contributed by atoms with E-state index in [0.29, 0.717) is 0 Å². The van der Waals surface area contributed by atoms with E-state index in [0.717, 1.165) is 26.4 Å². The first-order valence-electron chi connectivity index (χ1n) is 6.83. The number of rotatable bonds is 8. The Morgan fingerprint density at radius 3 is 2.42 bits per heavy atom. The van der Waals surface area contributed by atoms with Crippen LogP contribution in [-0.4, -0.2) is 37.1 Å². The molecule has 0 aromatic heterocycles. The zero-order chi connectivity index (χ0) is 18.3. The summed E-state index contributed by atoms with van der Waals surface area (Å²) in [4.78, 5) is 33.6. The van der Waals surface area contributed by atoms with Gasteiger partial charge in [0.2, 0.25) is 0 Å². The van der Waals surface area contributed by atoms with Crippen LogP contribution in [-0.2, 0) is 19.1 Å². The standard InChI is InChI=1S/C15H17FN2O6/c1-4-9(8-10(14(19)23-2)15(20)24-3)17-13-11(16)6-5-7-12(13)18(21)22/h4-7,9-10,17H,1,8H2,2-3H3. The van der Waals surface area contributed by atoms with E-state index in [-0.39, 0.29) is 12.1 Å². The second-order valence-electron chi connectivity index (χ2n) is 4.71. The van der Waals surface area contributed by atoms with Crippen LogP contribution < -0.4 is 5.32 Å². The monoisotopic (exact) mass is 340 g/mol. The Hall–Kier alpha value is -2.97. The number of anilines is 1. The SMILES string of the molecule is C=CC(CC(C(=O)OC)C(=O)OC)Nc1c(F)cccc1[N+](=O)[O-].